The number of hydrogen-bond donors (Lipinski definition) is 1. The van der Waals surface area contributed by atoms with E-state index in [1.54, 1.807) is 0 Å². The van der Waals surface area contributed by atoms with Gasteiger partial charge >= 0.3 is 0 Å². The molecule has 5 heteroatoms. The van der Waals surface area contributed by atoms with Crippen LogP contribution in [-0.2, 0) is 24.3 Å². The highest BCUT2D eigenvalue weighted by Gasteiger charge is 2.09. The van der Waals surface area contributed by atoms with Gasteiger partial charge in [0, 0.05) is 32.0 Å². The van der Waals surface area contributed by atoms with Gasteiger partial charge in [0.05, 0.1) is 17.9 Å². The van der Waals surface area contributed by atoms with Gasteiger partial charge in [-0.3, -0.25) is 14.5 Å². The number of carbonyl (C=O) groups excluding carboxylic acids is 1. The third-order valence-corrected chi connectivity index (χ3v) is 2.39. The maximum Gasteiger partial charge on any atom is 0.217 e. The Bertz CT molecular complexity index is 394. The van der Waals surface area contributed by atoms with E-state index in [2.05, 4.69) is 10.1 Å². The van der Waals surface area contributed by atoms with Crippen molar-refractivity contribution in [1.29, 1.82) is 0 Å². The Hall–Kier alpha value is -1.65. The molecule has 0 atom stereocenters. The van der Waals surface area contributed by atoms with Crippen LogP contribution in [-0.4, -0.2) is 21.9 Å². The SMILES string of the molecule is NC(=O)CCc1cc2n(n1)CCC=NC2. The molecule has 80 valence electrons. The van der Waals surface area contributed by atoms with Crippen molar-refractivity contribution < 1.29 is 4.79 Å². The lowest BCUT2D eigenvalue weighted by molar-refractivity contribution is -0.118. The highest BCUT2D eigenvalue weighted by Crippen LogP contribution is 2.10. The summed E-state index contributed by atoms with van der Waals surface area (Å²) in [7, 11) is 0. The standard InChI is InChI=1S/C10H14N4O/c11-10(15)3-2-8-6-9-7-12-4-1-5-14(9)13-8/h4,6H,1-3,5,7H2,(H2,11,15). The molecule has 15 heavy (non-hydrogen) atoms. The number of hydrogen-bond acceptors (Lipinski definition) is 3. The minimum atomic E-state index is -0.281. The van der Waals surface area contributed by atoms with Crippen LogP contribution in [0.2, 0.25) is 0 Å². The molecule has 0 aromatic carbocycles. The van der Waals surface area contributed by atoms with Crippen LogP contribution in [0.5, 0.6) is 0 Å². The zero-order valence-electron chi connectivity index (χ0n) is 8.52. The van der Waals surface area contributed by atoms with Crippen LogP contribution in [0.1, 0.15) is 24.2 Å². The fourth-order valence-electron chi connectivity index (χ4n) is 1.64. The number of aryl methyl sites for hydroxylation is 2. The van der Waals surface area contributed by atoms with Gasteiger partial charge in [0.2, 0.25) is 5.91 Å². The molecule has 2 rings (SSSR count). The predicted octanol–water partition coefficient (Wildman–Crippen LogP) is 0.275. The summed E-state index contributed by atoms with van der Waals surface area (Å²) in [6.45, 7) is 1.55. The van der Waals surface area contributed by atoms with Gasteiger partial charge in [0.25, 0.3) is 0 Å². The van der Waals surface area contributed by atoms with Crippen LogP contribution in [0, 0.1) is 0 Å². The van der Waals surface area contributed by atoms with Crippen LogP contribution in [0.25, 0.3) is 0 Å². The fourth-order valence-corrected chi connectivity index (χ4v) is 1.64. The lowest BCUT2D eigenvalue weighted by Gasteiger charge is -1.98. The van der Waals surface area contributed by atoms with Gasteiger partial charge in [-0.1, -0.05) is 0 Å². The molecule has 5 nitrogen and oxygen atoms in total. The van der Waals surface area contributed by atoms with Crippen molar-refractivity contribution in [3.8, 4) is 0 Å². The maximum absolute atomic E-state index is 10.6. The normalized spacial score (nSPS) is 14.7. The summed E-state index contributed by atoms with van der Waals surface area (Å²) >= 11 is 0. The number of rotatable bonds is 3. The Balaban J connectivity index is 2.08. The number of aromatic nitrogens is 2. The molecule has 1 aromatic heterocycles. The molecule has 0 radical (unpaired) electrons. The van der Waals surface area contributed by atoms with Crippen molar-refractivity contribution in [3.63, 3.8) is 0 Å². The minimum Gasteiger partial charge on any atom is -0.370 e. The van der Waals surface area contributed by atoms with Gasteiger partial charge in [-0.05, 0) is 6.07 Å². The van der Waals surface area contributed by atoms with Crippen molar-refractivity contribution in [2.45, 2.75) is 32.4 Å². The first kappa shape index (κ1) is 9.89. The average molecular weight is 206 g/mol. The highest BCUT2D eigenvalue weighted by atomic mass is 16.1. The van der Waals surface area contributed by atoms with E-state index in [0.717, 1.165) is 24.4 Å². The molecule has 0 saturated carbocycles. The molecule has 1 aliphatic heterocycles. The molecule has 0 aliphatic carbocycles. The van der Waals surface area contributed by atoms with Gasteiger partial charge in [-0.15, -0.1) is 0 Å². The Kier molecular flexibility index (Phi) is 2.80. The van der Waals surface area contributed by atoms with Crippen molar-refractivity contribution >= 4 is 12.1 Å². The number of aliphatic imine (C=N–C) groups is 1. The number of carbonyl (C=O) groups is 1. The Labute approximate surface area is 88.0 Å². The Morgan fingerprint density at radius 1 is 1.60 bits per heavy atom. The van der Waals surface area contributed by atoms with Gasteiger partial charge < -0.3 is 5.73 Å². The predicted molar refractivity (Wildman–Crippen MR) is 56.6 cm³/mol. The largest absolute Gasteiger partial charge is 0.370 e. The lowest BCUT2D eigenvalue weighted by atomic mass is 10.2. The van der Waals surface area contributed by atoms with Crippen LogP contribution < -0.4 is 5.73 Å². The van der Waals surface area contributed by atoms with Crippen LogP contribution in [0.4, 0.5) is 0 Å². The second-order valence-corrected chi connectivity index (χ2v) is 3.63. The first-order valence-corrected chi connectivity index (χ1v) is 5.08. The fraction of sp³-hybridized carbons (Fsp3) is 0.500. The third kappa shape index (κ3) is 2.43. The highest BCUT2D eigenvalue weighted by molar-refractivity contribution is 5.73. The van der Waals surface area contributed by atoms with Gasteiger partial charge in [-0.2, -0.15) is 5.10 Å². The smallest absolute Gasteiger partial charge is 0.217 e. The van der Waals surface area contributed by atoms with Crippen LogP contribution >= 0.6 is 0 Å². The molecular weight excluding hydrogens is 192 g/mol. The first-order valence-electron chi connectivity index (χ1n) is 5.08. The monoisotopic (exact) mass is 206 g/mol. The van der Waals surface area contributed by atoms with Crippen molar-refractivity contribution in [1.82, 2.24) is 9.78 Å². The van der Waals surface area contributed by atoms with Gasteiger partial charge in [0.1, 0.15) is 0 Å². The van der Waals surface area contributed by atoms with Crippen molar-refractivity contribution in [3.05, 3.63) is 17.5 Å². The zero-order chi connectivity index (χ0) is 10.7. The lowest BCUT2D eigenvalue weighted by Crippen LogP contribution is -2.11. The van der Waals surface area contributed by atoms with E-state index in [4.69, 9.17) is 5.73 Å². The summed E-state index contributed by atoms with van der Waals surface area (Å²) in [6.07, 6.45) is 3.83. The van der Waals surface area contributed by atoms with E-state index in [1.165, 1.54) is 0 Å². The summed E-state index contributed by atoms with van der Waals surface area (Å²) in [5, 5.41) is 4.41. The molecule has 0 saturated heterocycles. The zero-order valence-corrected chi connectivity index (χ0v) is 8.52. The second kappa shape index (κ2) is 4.25. The Morgan fingerprint density at radius 2 is 2.47 bits per heavy atom. The van der Waals surface area contributed by atoms with Crippen LogP contribution in [0.3, 0.4) is 0 Å². The van der Waals surface area contributed by atoms with Crippen molar-refractivity contribution in [2.75, 3.05) is 0 Å². The molecule has 0 bridgehead atoms. The van der Waals surface area contributed by atoms with E-state index < -0.39 is 0 Å². The van der Waals surface area contributed by atoms with Gasteiger partial charge in [0.15, 0.2) is 0 Å². The Morgan fingerprint density at radius 3 is 3.27 bits per heavy atom. The van der Waals surface area contributed by atoms with E-state index in [-0.39, 0.29) is 5.91 Å². The summed E-state index contributed by atoms with van der Waals surface area (Å²) in [6, 6.07) is 2.01. The first-order chi connectivity index (χ1) is 7.25. The molecule has 0 unspecified atom stereocenters. The molecular formula is C10H14N4O. The third-order valence-electron chi connectivity index (χ3n) is 2.39. The molecule has 2 heterocycles. The van der Waals surface area contributed by atoms with E-state index in [0.29, 0.717) is 19.4 Å². The van der Waals surface area contributed by atoms with E-state index in [1.807, 2.05) is 17.0 Å². The molecule has 0 spiro atoms. The minimum absolute atomic E-state index is 0.281. The average Bonchev–Trinajstić information content (AvgIpc) is 2.46. The summed E-state index contributed by atoms with van der Waals surface area (Å²) < 4.78 is 1.96. The second-order valence-electron chi connectivity index (χ2n) is 3.63. The molecule has 1 amide bonds. The topological polar surface area (TPSA) is 73.3 Å². The molecule has 2 N–H and O–H groups in total. The number of fused-ring (bicyclic) bond motifs is 1. The molecule has 1 aliphatic rings. The number of nitrogens with zero attached hydrogens (tertiary/aromatic N) is 3. The van der Waals surface area contributed by atoms with E-state index >= 15 is 0 Å². The molecule has 0 fully saturated rings. The van der Waals surface area contributed by atoms with Crippen LogP contribution in [0.15, 0.2) is 11.1 Å². The quantitative estimate of drug-likeness (QED) is 0.771. The molecule has 1 aromatic rings. The van der Waals surface area contributed by atoms with Crippen molar-refractivity contribution in [2.24, 2.45) is 10.7 Å². The number of nitrogens with two attached hydrogens (primary N) is 1. The van der Waals surface area contributed by atoms with Gasteiger partial charge in [-0.25, -0.2) is 0 Å². The number of primary amides is 1. The number of amides is 1. The summed E-state index contributed by atoms with van der Waals surface area (Å²) in [5.74, 6) is -0.281. The maximum atomic E-state index is 10.6. The van der Waals surface area contributed by atoms with E-state index in [9.17, 15) is 4.79 Å². The summed E-state index contributed by atoms with van der Waals surface area (Å²) in [4.78, 5) is 14.9. The summed E-state index contributed by atoms with van der Waals surface area (Å²) in [5.41, 5.74) is 7.14.